The van der Waals surface area contributed by atoms with Crippen molar-refractivity contribution < 1.29 is 9.13 Å². The second-order valence-electron chi connectivity index (χ2n) is 4.61. The average molecular weight is 252 g/mol. The van der Waals surface area contributed by atoms with Crippen LogP contribution in [0.15, 0.2) is 18.2 Å². The molecule has 2 rings (SSSR count). The summed E-state index contributed by atoms with van der Waals surface area (Å²) in [6.07, 6.45) is 1.25. The topological polar surface area (TPSA) is 24.5 Å². The molecule has 18 heavy (non-hydrogen) atoms. The van der Waals surface area contributed by atoms with Gasteiger partial charge in [-0.3, -0.25) is 0 Å². The number of ether oxygens (including phenoxy) is 1. The first-order valence-electron chi connectivity index (χ1n) is 6.54. The van der Waals surface area contributed by atoms with Crippen LogP contribution < -0.4 is 10.2 Å². The van der Waals surface area contributed by atoms with Gasteiger partial charge >= 0.3 is 0 Å². The van der Waals surface area contributed by atoms with Crippen molar-refractivity contribution in [3.63, 3.8) is 0 Å². The Labute approximate surface area is 108 Å². The SMILES string of the molecule is CCC1CN(c2cccc(F)c2CNC)CCO1. The summed E-state index contributed by atoms with van der Waals surface area (Å²) >= 11 is 0. The van der Waals surface area contributed by atoms with E-state index in [1.54, 1.807) is 6.07 Å². The molecule has 1 heterocycles. The molecule has 0 bridgehead atoms. The molecular weight excluding hydrogens is 231 g/mol. The Hall–Kier alpha value is -1.13. The van der Waals surface area contributed by atoms with E-state index in [-0.39, 0.29) is 11.9 Å². The van der Waals surface area contributed by atoms with E-state index in [1.807, 2.05) is 13.1 Å². The Kier molecular flexibility index (Phi) is 4.55. The maximum atomic E-state index is 13.9. The van der Waals surface area contributed by atoms with Gasteiger partial charge in [-0.15, -0.1) is 0 Å². The second kappa shape index (κ2) is 6.16. The quantitative estimate of drug-likeness (QED) is 0.888. The van der Waals surface area contributed by atoms with Gasteiger partial charge in [-0.1, -0.05) is 13.0 Å². The first-order valence-corrected chi connectivity index (χ1v) is 6.54. The summed E-state index contributed by atoms with van der Waals surface area (Å²) in [6.45, 7) is 5.06. The van der Waals surface area contributed by atoms with Crippen LogP contribution in [0, 0.1) is 5.82 Å². The van der Waals surface area contributed by atoms with Gasteiger partial charge in [0.1, 0.15) is 5.82 Å². The lowest BCUT2D eigenvalue weighted by atomic mass is 10.1. The summed E-state index contributed by atoms with van der Waals surface area (Å²) in [5.74, 6) is -0.138. The molecule has 1 saturated heterocycles. The van der Waals surface area contributed by atoms with Crippen molar-refractivity contribution in [2.45, 2.75) is 26.0 Å². The molecule has 1 unspecified atom stereocenters. The van der Waals surface area contributed by atoms with E-state index in [9.17, 15) is 4.39 Å². The molecule has 1 N–H and O–H groups in total. The van der Waals surface area contributed by atoms with Gasteiger partial charge in [0.25, 0.3) is 0 Å². The van der Waals surface area contributed by atoms with Gasteiger partial charge in [0.05, 0.1) is 12.7 Å². The summed E-state index contributed by atoms with van der Waals surface area (Å²) in [5, 5.41) is 3.03. The van der Waals surface area contributed by atoms with Crippen LogP contribution in [-0.4, -0.2) is 32.8 Å². The monoisotopic (exact) mass is 252 g/mol. The molecule has 1 aromatic carbocycles. The molecule has 1 atom stereocenters. The summed E-state index contributed by atoms with van der Waals surface area (Å²) in [6, 6.07) is 5.29. The zero-order chi connectivity index (χ0) is 13.0. The average Bonchev–Trinajstić information content (AvgIpc) is 2.41. The Balaban J connectivity index is 2.23. The Bertz CT molecular complexity index is 397. The van der Waals surface area contributed by atoms with Crippen LogP contribution in [0.25, 0.3) is 0 Å². The molecule has 0 amide bonds. The Morgan fingerprint density at radius 1 is 1.50 bits per heavy atom. The predicted octanol–water partition coefficient (Wildman–Crippen LogP) is 2.16. The van der Waals surface area contributed by atoms with Crippen LogP contribution >= 0.6 is 0 Å². The predicted molar refractivity (Wildman–Crippen MR) is 71.4 cm³/mol. The minimum atomic E-state index is -0.138. The van der Waals surface area contributed by atoms with Crippen molar-refractivity contribution in [1.29, 1.82) is 0 Å². The summed E-state index contributed by atoms with van der Waals surface area (Å²) in [5.41, 5.74) is 1.74. The number of anilines is 1. The molecule has 1 fully saturated rings. The van der Waals surface area contributed by atoms with E-state index < -0.39 is 0 Å². The highest BCUT2D eigenvalue weighted by atomic mass is 19.1. The highest BCUT2D eigenvalue weighted by Gasteiger charge is 2.21. The van der Waals surface area contributed by atoms with Crippen molar-refractivity contribution in [1.82, 2.24) is 5.32 Å². The number of halogens is 1. The van der Waals surface area contributed by atoms with Crippen LogP contribution in [0.1, 0.15) is 18.9 Å². The summed E-state index contributed by atoms with van der Waals surface area (Å²) < 4.78 is 19.5. The van der Waals surface area contributed by atoms with Crippen molar-refractivity contribution in [3.8, 4) is 0 Å². The van der Waals surface area contributed by atoms with Crippen LogP contribution in [0.2, 0.25) is 0 Å². The first-order chi connectivity index (χ1) is 8.76. The van der Waals surface area contributed by atoms with E-state index >= 15 is 0 Å². The van der Waals surface area contributed by atoms with Crippen molar-refractivity contribution in [2.75, 3.05) is 31.6 Å². The first kappa shape index (κ1) is 13.3. The number of benzene rings is 1. The van der Waals surface area contributed by atoms with Gasteiger partial charge in [0, 0.05) is 30.9 Å². The van der Waals surface area contributed by atoms with Gasteiger partial charge < -0.3 is 15.0 Å². The van der Waals surface area contributed by atoms with E-state index in [2.05, 4.69) is 17.1 Å². The lowest BCUT2D eigenvalue weighted by Crippen LogP contribution is -2.42. The number of hydrogen-bond acceptors (Lipinski definition) is 3. The van der Waals surface area contributed by atoms with Crippen LogP contribution in [0.5, 0.6) is 0 Å². The lowest BCUT2D eigenvalue weighted by Gasteiger charge is -2.35. The number of nitrogens with one attached hydrogen (secondary N) is 1. The fourth-order valence-corrected chi connectivity index (χ4v) is 2.38. The smallest absolute Gasteiger partial charge is 0.129 e. The molecule has 1 aliphatic heterocycles. The number of nitrogens with zero attached hydrogens (tertiary/aromatic N) is 1. The van der Waals surface area contributed by atoms with Crippen molar-refractivity contribution in [3.05, 3.63) is 29.6 Å². The molecule has 1 aliphatic rings. The molecular formula is C14H21FN2O. The number of hydrogen-bond donors (Lipinski definition) is 1. The fourth-order valence-electron chi connectivity index (χ4n) is 2.38. The lowest BCUT2D eigenvalue weighted by molar-refractivity contribution is 0.0383. The molecule has 100 valence electrons. The molecule has 3 nitrogen and oxygen atoms in total. The maximum absolute atomic E-state index is 13.9. The van der Waals surface area contributed by atoms with E-state index in [0.717, 1.165) is 30.8 Å². The highest BCUT2D eigenvalue weighted by molar-refractivity contribution is 5.54. The third-order valence-corrected chi connectivity index (χ3v) is 3.38. The Morgan fingerprint density at radius 3 is 3.06 bits per heavy atom. The third kappa shape index (κ3) is 2.82. The van der Waals surface area contributed by atoms with E-state index in [4.69, 9.17) is 4.74 Å². The maximum Gasteiger partial charge on any atom is 0.129 e. The molecule has 0 radical (unpaired) electrons. The molecule has 0 aromatic heterocycles. The summed E-state index contributed by atoms with van der Waals surface area (Å²) in [7, 11) is 1.84. The normalized spacial score (nSPS) is 20.2. The van der Waals surface area contributed by atoms with Gasteiger partial charge in [-0.05, 0) is 25.6 Å². The zero-order valence-electron chi connectivity index (χ0n) is 11.1. The van der Waals surface area contributed by atoms with Crippen molar-refractivity contribution >= 4 is 5.69 Å². The number of morpholine rings is 1. The van der Waals surface area contributed by atoms with Crippen LogP contribution in [0.4, 0.5) is 10.1 Å². The standard InChI is InChI=1S/C14H21FN2O/c1-3-11-10-17(7-8-18-11)14-6-4-5-13(15)12(14)9-16-2/h4-6,11,16H,3,7-10H2,1-2H3. The van der Waals surface area contributed by atoms with Gasteiger partial charge in [-0.2, -0.15) is 0 Å². The molecule has 0 spiro atoms. The Morgan fingerprint density at radius 2 is 2.33 bits per heavy atom. The minimum absolute atomic E-state index is 0.138. The van der Waals surface area contributed by atoms with E-state index in [1.165, 1.54) is 6.07 Å². The van der Waals surface area contributed by atoms with Gasteiger partial charge in [-0.25, -0.2) is 4.39 Å². The highest BCUT2D eigenvalue weighted by Crippen LogP contribution is 2.25. The van der Waals surface area contributed by atoms with Crippen molar-refractivity contribution in [2.24, 2.45) is 0 Å². The van der Waals surface area contributed by atoms with Crippen LogP contribution in [0.3, 0.4) is 0 Å². The number of rotatable bonds is 4. The molecule has 0 saturated carbocycles. The molecule has 4 heteroatoms. The summed E-state index contributed by atoms with van der Waals surface area (Å²) in [4.78, 5) is 2.23. The third-order valence-electron chi connectivity index (χ3n) is 3.38. The minimum Gasteiger partial charge on any atom is -0.375 e. The van der Waals surface area contributed by atoms with Gasteiger partial charge in [0.2, 0.25) is 0 Å². The zero-order valence-corrected chi connectivity index (χ0v) is 11.1. The van der Waals surface area contributed by atoms with E-state index in [0.29, 0.717) is 13.2 Å². The molecule has 0 aliphatic carbocycles. The fraction of sp³-hybridized carbons (Fsp3) is 0.571. The largest absolute Gasteiger partial charge is 0.375 e. The van der Waals surface area contributed by atoms with Gasteiger partial charge in [0.15, 0.2) is 0 Å². The second-order valence-corrected chi connectivity index (χ2v) is 4.61. The van der Waals surface area contributed by atoms with Crippen LogP contribution in [-0.2, 0) is 11.3 Å². The molecule has 1 aromatic rings.